The van der Waals surface area contributed by atoms with Crippen LogP contribution in [0, 0.1) is 11.3 Å². The fourth-order valence-electron chi connectivity index (χ4n) is 3.20. The van der Waals surface area contributed by atoms with Crippen LogP contribution < -0.4 is 0 Å². The molecule has 21 heavy (non-hydrogen) atoms. The molecule has 0 bridgehead atoms. The number of aromatic nitrogens is 5. The Bertz CT molecular complexity index is 617. The van der Waals surface area contributed by atoms with Crippen LogP contribution in [-0.4, -0.2) is 24.5 Å². The molecular weight excluding hydrogens is 262 g/mol. The van der Waals surface area contributed by atoms with Crippen molar-refractivity contribution in [1.29, 1.82) is 0 Å². The third-order valence-corrected chi connectivity index (χ3v) is 4.66. The summed E-state index contributed by atoms with van der Waals surface area (Å²) in [5, 5.41) is 13.4. The van der Waals surface area contributed by atoms with Gasteiger partial charge in [-0.1, -0.05) is 20.8 Å². The van der Waals surface area contributed by atoms with Gasteiger partial charge in [-0.05, 0) is 37.2 Å². The maximum atomic E-state index is 4.57. The lowest BCUT2D eigenvalue weighted by atomic mass is 9.76. The highest BCUT2D eigenvalue weighted by atomic mass is 15.3. The number of hydrogen-bond acceptors (Lipinski definition) is 3. The zero-order valence-electron chi connectivity index (χ0n) is 13.5. The first kappa shape index (κ1) is 14.3. The van der Waals surface area contributed by atoms with E-state index in [-0.39, 0.29) is 0 Å². The molecule has 0 fully saturated rings. The van der Waals surface area contributed by atoms with Gasteiger partial charge in [0.1, 0.15) is 11.5 Å². The van der Waals surface area contributed by atoms with E-state index in [4.69, 9.17) is 0 Å². The summed E-state index contributed by atoms with van der Waals surface area (Å²) in [5.74, 6) is 2.77. The number of rotatable bonds is 2. The summed E-state index contributed by atoms with van der Waals surface area (Å²) in [5.41, 5.74) is 1.30. The molecule has 1 aliphatic rings. The van der Waals surface area contributed by atoms with E-state index in [9.17, 15) is 0 Å². The fourth-order valence-corrected chi connectivity index (χ4v) is 3.20. The van der Waals surface area contributed by atoms with Crippen molar-refractivity contribution in [2.45, 2.75) is 60.0 Å². The predicted molar refractivity (Wildman–Crippen MR) is 82.8 cm³/mol. The van der Waals surface area contributed by atoms with Crippen molar-refractivity contribution in [1.82, 2.24) is 24.5 Å². The average molecular weight is 287 g/mol. The second-order valence-electron chi connectivity index (χ2n) is 7.04. The van der Waals surface area contributed by atoms with Gasteiger partial charge in [0.15, 0.2) is 5.82 Å². The molecule has 0 saturated carbocycles. The van der Waals surface area contributed by atoms with Crippen molar-refractivity contribution in [3.8, 4) is 11.5 Å². The van der Waals surface area contributed by atoms with E-state index in [0.717, 1.165) is 42.8 Å². The van der Waals surface area contributed by atoms with Gasteiger partial charge < -0.3 is 4.57 Å². The van der Waals surface area contributed by atoms with Crippen LogP contribution in [0.1, 0.15) is 46.4 Å². The minimum atomic E-state index is 0.363. The number of fused-ring (bicyclic) bond motifs is 1. The molecule has 2 aromatic rings. The van der Waals surface area contributed by atoms with Crippen LogP contribution in [0.25, 0.3) is 11.5 Å². The van der Waals surface area contributed by atoms with Gasteiger partial charge in [0.05, 0.1) is 0 Å². The Balaban J connectivity index is 1.87. The quantitative estimate of drug-likeness (QED) is 0.852. The van der Waals surface area contributed by atoms with Gasteiger partial charge in [-0.3, -0.25) is 4.68 Å². The topological polar surface area (TPSA) is 48.5 Å². The lowest BCUT2D eigenvalue weighted by Crippen LogP contribution is -2.21. The van der Waals surface area contributed by atoms with Crippen molar-refractivity contribution in [3.05, 3.63) is 18.1 Å². The van der Waals surface area contributed by atoms with Gasteiger partial charge in [0.2, 0.25) is 0 Å². The van der Waals surface area contributed by atoms with Gasteiger partial charge in [-0.25, -0.2) is 0 Å². The van der Waals surface area contributed by atoms with Crippen molar-refractivity contribution >= 4 is 0 Å². The van der Waals surface area contributed by atoms with Gasteiger partial charge in [0, 0.05) is 25.7 Å². The Morgan fingerprint density at radius 1 is 1.24 bits per heavy atom. The molecule has 0 N–H and O–H groups in total. The molecule has 5 nitrogen and oxygen atoms in total. The van der Waals surface area contributed by atoms with Crippen molar-refractivity contribution in [3.63, 3.8) is 0 Å². The maximum absolute atomic E-state index is 4.57. The Kier molecular flexibility index (Phi) is 3.59. The Labute approximate surface area is 126 Å². The summed E-state index contributed by atoms with van der Waals surface area (Å²) in [6.07, 6.45) is 5.41. The molecule has 3 heterocycles. The monoisotopic (exact) mass is 287 g/mol. The molecule has 1 unspecified atom stereocenters. The molecule has 1 aliphatic heterocycles. The molecule has 0 amide bonds. The minimum Gasteiger partial charge on any atom is -0.310 e. The van der Waals surface area contributed by atoms with Crippen molar-refractivity contribution in [2.75, 3.05) is 0 Å². The Morgan fingerprint density at radius 3 is 2.71 bits per heavy atom. The highest BCUT2D eigenvalue weighted by molar-refractivity contribution is 5.48. The Hall–Kier alpha value is -1.65. The molecule has 3 rings (SSSR count). The minimum absolute atomic E-state index is 0.363. The van der Waals surface area contributed by atoms with Crippen LogP contribution in [0.2, 0.25) is 0 Å². The zero-order valence-corrected chi connectivity index (χ0v) is 13.5. The molecular formula is C16H25N5. The van der Waals surface area contributed by atoms with Gasteiger partial charge >= 0.3 is 0 Å². The summed E-state index contributed by atoms with van der Waals surface area (Å²) < 4.78 is 4.21. The van der Waals surface area contributed by atoms with E-state index in [1.165, 1.54) is 12.8 Å². The van der Waals surface area contributed by atoms with Gasteiger partial charge in [-0.15, -0.1) is 10.2 Å². The van der Waals surface area contributed by atoms with Crippen LogP contribution in [0.4, 0.5) is 0 Å². The summed E-state index contributed by atoms with van der Waals surface area (Å²) in [4.78, 5) is 0. The lowest BCUT2D eigenvalue weighted by molar-refractivity contribution is 0.212. The maximum Gasteiger partial charge on any atom is 0.184 e. The average Bonchev–Trinajstić information content (AvgIpc) is 2.99. The zero-order chi connectivity index (χ0) is 15.0. The van der Waals surface area contributed by atoms with E-state index in [0.29, 0.717) is 5.41 Å². The molecule has 5 heteroatoms. The fraction of sp³-hybridized carbons (Fsp3) is 0.688. The van der Waals surface area contributed by atoms with E-state index in [2.05, 4.69) is 47.6 Å². The van der Waals surface area contributed by atoms with Gasteiger partial charge in [-0.2, -0.15) is 5.10 Å². The van der Waals surface area contributed by atoms with E-state index < -0.39 is 0 Å². The molecule has 0 radical (unpaired) electrons. The van der Waals surface area contributed by atoms with E-state index in [1.54, 1.807) is 0 Å². The van der Waals surface area contributed by atoms with Crippen LogP contribution in [0.5, 0.6) is 0 Å². The Morgan fingerprint density at radius 2 is 2.05 bits per heavy atom. The standard InChI is InChI=1S/C16H25N5/c1-5-20-10-9-13(19-20)15-18-17-14-7-6-12(16(2,3)4)8-11-21(14)15/h9-10,12H,5-8,11H2,1-4H3. The van der Waals surface area contributed by atoms with Crippen molar-refractivity contribution in [2.24, 2.45) is 11.3 Å². The molecule has 0 aromatic carbocycles. The van der Waals surface area contributed by atoms with Crippen LogP contribution >= 0.6 is 0 Å². The predicted octanol–water partition coefficient (Wildman–Crippen LogP) is 3.16. The highest BCUT2D eigenvalue weighted by Gasteiger charge is 2.28. The van der Waals surface area contributed by atoms with E-state index in [1.807, 2.05) is 16.9 Å². The smallest absolute Gasteiger partial charge is 0.184 e. The van der Waals surface area contributed by atoms with Gasteiger partial charge in [0.25, 0.3) is 0 Å². The summed E-state index contributed by atoms with van der Waals surface area (Å²) in [7, 11) is 0. The molecule has 2 aromatic heterocycles. The molecule has 1 atom stereocenters. The van der Waals surface area contributed by atoms with E-state index >= 15 is 0 Å². The number of aryl methyl sites for hydroxylation is 2. The second-order valence-corrected chi connectivity index (χ2v) is 7.04. The molecule has 0 aliphatic carbocycles. The summed E-state index contributed by atoms with van der Waals surface area (Å²) in [6.45, 7) is 11.0. The van der Waals surface area contributed by atoms with Crippen LogP contribution in [0.15, 0.2) is 12.3 Å². The molecule has 0 saturated heterocycles. The number of hydrogen-bond donors (Lipinski definition) is 0. The third kappa shape index (κ3) is 2.74. The largest absolute Gasteiger partial charge is 0.310 e. The first-order valence-corrected chi connectivity index (χ1v) is 7.95. The normalized spacial score (nSPS) is 19.3. The SMILES string of the molecule is CCn1ccc(-c2nnc3n2CCC(C(C)(C)C)CC3)n1. The first-order chi connectivity index (χ1) is 9.99. The highest BCUT2D eigenvalue weighted by Crippen LogP contribution is 2.35. The molecule has 114 valence electrons. The number of nitrogens with zero attached hydrogens (tertiary/aromatic N) is 5. The first-order valence-electron chi connectivity index (χ1n) is 7.95. The van der Waals surface area contributed by atoms with Crippen LogP contribution in [0.3, 0.4) is 0 Å². The summed E-state index contributed by atoms with van der Waals surface area (Å²) >= 11 is 0. The lowest BCUT2D eigenvalue weighted by Gasteiger charge is -2.29. The van der Waals surface area contributed by atoms with Crippen LogP contribution in [-0.2, 0) is 19.5 Å². The second kappa shape index (κ2) is 5.28. The van der Waals surface area contributed by atoms with Crippen molar-refractivity contribution < 1.29 is 0 Å². The third-order valence-electron chi connectivity index (χ3n) is 4.66. The molecule has 0 spiro atoms. The summed E-state index contributed by atoms with van der Waals surface area (Å²) in [6, 6.07) is 2.03.